The van der Waals surface area contributed by atoms with Crippen molar-refractivity contribution in [2.24, 2.45) is 7.05 Å². The highest BCUT2D eigenvalue weighted by atomic mass is 32.1. The second-order valence-corrected chi connectivity index (χ2v) is 8.46. The predicted molar refractivity (Wildman–Crippen MR) is 118 cm³/mol. The minimum atomic E-state index is -4.49. The predicted octanol–water partition coefficient (Wildman–Crippen LogP) is 4.74. The maximum Gasteiger partial charge on any atom is 0.435 e. The third-order valence-corrected chi connectivity index (χ3v) is 6.38. The average molecular weight is 460 g/mol. The van der Waals surface area contributed by atoms with E-state index in [1.165, 1.54) is 23.1 Å². The fourth-order valence-corrected chi connectivity index (χ4v) is 4.77. The van der Waals surface area contributed by atoms with E-state index in [0.717, 1.165) is 46.6 Å². The molecule has 1 atom stereocenters. The summed E-state index contributed by atoms with van der Waals surface area (Å²) in [6.45, 7) is 0.109. The lowest BCUT2D eigenvalue weighted by molar-refractivity contribution is -0.141. The van der Waals surface area contributed by atoms with Gasteiger partial charge >= 0.3 is 6.18 Å². The van der Waals surface area contributed by atoms with Gasteiger partial charge in [0.25, 0.3) is 0 Å². The van der Waals surface area contributed by atoms with Crippen molar-refractivity contribution in [3.63, 3.8) is 0 Å². The molecule has 0 saturated heterocycles. The van der Waals surface area contributed by atoms with E-state index in [2.05, 4.69) is 31.8 Å². The number of nitrogen functional groups attached to an aromatic ring is 1. The van der Waals surface area contributed by atoms with Crippen molar-refractivity contribution in [3.8, 4) is 0 Å². The maximum absolute atomic E-state index is 12.9. The molecule has 1 aliphatic rings. The zero-order chi connectivity index (χ0) is 22.5. The number of alkyl halides is 3. The van der Waals surface area contributed by atoms with E-state index in [1.807, 2.05) is 22.9 Å². The van der Waals surface area contributed by atoms with E-state index in [1.54, 1.807) is 0 Å². The molecule has 3 heterocycles. The number of hydrogen-bond acceptors (Lipinski definition) is 7. The van der Waals surface area contributed by atoms with Crippen LogP contribution >= 0.6 is 11.3 Å². The van der Waals surface area contributed by atoms with Crippen LogP contribution in [0.15, 0.2) is 35.0 Å². The zero-order valence-electron chi connectivity index (χ0n) is 17.1. The van der Waals surface area contributed by atoms with Gasteiger partial charge in [-0.15, -0.1) is 11.3 Å². The molecule has 32 heavy (non-hydrogen) atoms. The highest BCUT2D eigenvalue weighted by Crippen LogP contribution is 2.38. The van der Waals surface area contributed by atoms with Gasteiger partial charge in [0.05, 0.1) is 29.2 Å². The normalized spacial score (nSPS) is 15.8. The lowest BCUT2D eigenvalue weighted by Gasteiger charge is -2.17. The Hall–Kier alpha value is -3.34. The number of fused-ring (bicyclic) bond motifs is 2. The van der Waals surface area contributed by atoms with Crippen LogP contribution in [0.5, 0.6) is 0 Å². The van der Waals surface area contributed by atoms with Crippen LogP contribution in [-0.2, 0) is 26.2 Å². The van der Waals surface area contributed by atoms with Gasteiger partial charge in [-0.2, -0.15) is 23.3 Å². The van der Waals surface area contributed by atoms with Crippen molar-refractivity contribution in [3.05, 3.63) is 57.5 Å². The van der Waals surface area contributed by atoms with Crippen LogP contribution in [0.1, 0.15) is 35.0 Å². The molecule has 0 amide bonds. The molecule has 166 valence electrons. The first-order chi connectivity index (χ1) is 15.3. The van der Waals surface area contributed by atoms with Crippen molar-refractivity contribution in [2.45, 2.75) is 31.6 Å². The maximum atomic E-state index is 12.9. The van der Waals surface area contributed by atoms with Crippen LogP contribution in [0, 0.1) is 0 Å². The summed E-state index contributed by atoms with van der Waals surface area (Å²) in [6, 6.07) is 7.03. The van der Waals surface area contributed by atoms with Crippen molar-refractivity contribution in [1.29, 1.82) is 0 Å². The van der Waals surface area contributed by atoms with Crippen LogP contribution in [0.2, 0.25) is 0 Å². The van der Waals surface area contributed by atoms with Crippen LogP contribution < -0.4 is 16.4 Å². The second kappa shape index (κ2) is 7.66. The Balaban J connectivity index is 1.40. The summed E-state index contributed by atoms with van der Waals surface area (Å²) in [5.41, 5.74) is 9.46. The Bertz CT molecular complexity index is 1290. The summed E-state index contributed by atoms with van der Waals surface area (Å²) < 4.78 is 40.0. The molecule has 0 aliphatic heterocycles. The van der Waals surface area contributed by atoms with E-state index in [4.69, 9.17) is 5.73 Å². The molecule has 1 aliphatic carbocycles. The van der Waals surface area contributed by atoms with Gasteiger partial charge in [-0.25, -0.2) is 4.98 Å². The largest absolute Gasteiger partial charge is 0.435 e. The molecule has 11 heteroatoms. The lowest BCUT2D eigenvalue weighted by atomic mass is 10.1. The third-order valence-electron chi connectivity index (χ3n) is 5.65. The molecule has 0 spiro atoms. The van der Waals surface area contributed by atoms with Gasteiger partial charge in [-0.3, -0.25) is 4.68 Å². The van der Waals surface area contributed by atoms with E-state index in [9.17, 15) is 13.2 Å². The third kappa shape index (κ3) is 3.72. The smallest absolute Gasteiger partial charge is 0.398 e. The van der Waals surface area contributed by atoms with Gasteiger partial charge in [0.1, 0.15) is 5.82 Å². The van der Waals surface area contributed by atoms with E-state index in [-0.39, 0.29) is 12.6 Å². The van der Waals surface area contributed by atoms with E-state index in [0.29, 0.717) is 17.5 Å². The molecule has 4 N–H and O–H groups in total. The highest BCUT2D eigenvalue weighted by molar-refractivity contribution is 7.09. The highest BCUT2D eigenvalue weighted by Gasteiger charge is 2.34. The van der Waals surface area contributed by atoms with Crippen molar-refractivity contribution >= 4 is 39.7 Å². The standard InChI is InChI=1S/C21H20F3N7S/c1-31-11(7-18(30-31)21(22,23)24)8-26-20-28-17-10-32-9-14(17)19(29-20)27-16-6-5-12-13(16)3-2-4-15(12)25/h2-4,7,9-10,16H,5-6,8,25H2,1H3,(H2,26,27,28,29). The lowest BCUT2D eigenvalue weighted by Crippen LogP contribution is -2.12. The van der Waals surface area contributed by atoms with E-state index < -0.39 is 11.9 Å². The van der Waals surface area contributed by atoms with Crippen molar-refractivity contribution in [2.75, 3.05) is 16.4 Å². The van der Waals surface area contributed by atoms with Gasteiger partial charge in [-0.1, -0.05) is 12.1 Å². The SMILES string of the molecule is Cn1nc(C(F)(F)F)cc1CNc1nc(NC2CCc3c(N)cccc32)c2cscc2n1. The van der Waals surface area contributed by atoms with Gasteiger partial charge in [0.2, 0.25) is 5.95 Å². The first-order valence-corrected chi connectivity index (χ1v) is 11.0. The quantitative estimate of drug-likeness (QED) is 0.374. The summed E-state index contributed by atoms with van der Waals surface area (Å²) in [5, 5.41) is 14.9. The summed E-state index contributed by atoms with van der Waals surface area (Å²) in [5.74, 6) is 1.01. The Morgan fingerprint density at radius 1 is 1.25 bits per heavy atom. The Morgan fingerprint density at radius 3 is 2.88 bits per heavy atom. The van der Waals surface area contributed by atoms with Crippen LogP contribution in [-0.4, -0.2) is 19.7 Å². The number of aryl methyl sites for hydroxylation is 1. The number of anilines is 3. The molecular weight excluding hydrogens is 439 g/mol. The molecular formula is C21H20F3N7S. The number of nitrogens with one attached hydrogen (secondary N) is 2. The summed E-state index contributed by atoms with van der Waals surface area (Å²) in [6.07, 6.45) is -2.69. The van der Waals surface area contributed by atoms with Gasteiger partial charge in [0.15, 0.2) is 5.69 Å². The van der Waals surface area contributed by atoms with Gasteiger partial charge < -0.3 is 16.4 Å². The number of aromatic nitrogens is 4. The molecule has 0 bridgehead atoms. The topological polar surface area (TPSA) is 93.7 Å². The molecule has 7 nitrogen and oxygen atoms in total. The fraction of sp³-hybridized carbons (Fsp3) is 0.286. The Morgan fingerprint density at radius 2 is 2.09 bits per heavy atom. The minimum Gasteiger partial charge on any atom is -0.398 e. The second-order valence-electron chi connectivity index (χ2n) is 7.71. The molecule has 1 aromatic carbocycles. The summed E-state index contributed by atoms with van der Waals surface area (Å²) >= 11 is 1.52. The minimum absolute atomic E-state index is 0.0748. The molecule has 3 aromatic heterocycles. The number of nitrogens with zero attached hydrogens (tertiary/aromatic N) is 4. The molecule has 0 fully saturated rings. The number of hydrogen-bond donors (Lipinski definition) is 3. The van der Waals surface area contributed by atoms with Crippen molar-refractivity contribution < 1.29 is 13.2 Å². The van der Waals surface area contributed by atoms with E-state index >= 15 is 0 Å². The van der Waals surface area contributed by atoms with Gasteiger partial charge in [0, 0.05) is 23.5 Å². The van der Waals surface area contributed by atoms with Crippen LogP contribution in [0.3, 0.4) is 0 Å². The molecule has 4 aromatic rings. The number of nitrogens with two attached hydrogens (primary N) is 1. The Kier molecular flexibility index (Phi) is 4.92. The van der Waals surface area contributed by atoms with Crippen molar-refractivity contribution in [1.82, 2.24) is 19.7 Å². The first-order valence-electron chi connectivity index (χ1n) is 10.0. The number of halogens is 3. The summed E-state index contributed by atoms with van der Waals surface area (Å²) in [4.78, 5) is 9.13. The van der Waals surface area contributed by atoms with Crippen LogP contribution in [0.4, 0.5) is 30.6 Å². The zero-order valence-corrected chi connectivity index (χ0v) is 17.9. The van der Waals surface area contributed by atoms with Gasteiger partial charge in [-0.05, 0) is 36.1 Å². The molecule has 0 saturated carbocycles. The Labute approximate surface area is 185 Å². The molecule has 0 radical (unpaired) electrons. The number of thiophene rings is 1. The first kappa shape index (κ1) is 20.6. The average Bonchev–Trinajstić information content (AvgIpc) is 3.45. The number of benzene rings is 1. The summed E-state index contributed by atoms with van der Waals surface area (Å²) in [7, 11) is 1.48. The molecule has 5 rings (SSSR count). The fourth-order valence-electron chi connectivity index (χ4n) is 4.03. The monoisotopic (exact) mass is 459 g/mol. The molecule has 1 unspecified atom stereocenters. The van der Waals surface area contributed by atoms with Crippen LogP contribution in [0.25, 0.3) is 10.9 Å². The number of rotatable bonds is 5.